The number of benzene rings is 3. The van der Waals surface area contributed by atoms with Crippen LogP contribution in [0.3, 0.4) is 0 Å². The smallest absolute Gasteiger partial charge is 0.166 e. The number of hydrogen-bond donors (Lipinski definition) is 0. The molecule has 3 heteroatoms. The molecule has 0 bridgehead atoms. The van der Waals surface area contributed by atoms with Crippen molar-refractivity contribution < 1.29 is 13.2 Å². The number of halogens is 3. The summed E-state index contributed by atoms with van der Waals surface area (Å²) in [5.74, 6) is -0.449. The highest BCUT2D eigenvalue weighted by Gasteiger charge is 2.35. The fourth-order valence-corrected chi connectivity index (χ4v) is 2.85. The van der Waals surface area contributed by atoms with E-state index in [4.69, 9.17) is 0 Å². The van der Waals surface area contributed by atoms with Crippen LogP contribution in [0.15, 0.2) is 84.9 Å². The highest BCUT2D eigenvalue weighted by molar-refractivity contribution is 5.47. The van der Waals surface area contributed by atoms with Gasteiger partial charge in [0.25, 0.3) is 0 Å². The summed E-state index contributed by atoms with van der Waals surface area (Å²) in [6.45, 7) is 0. The van der Waals surface area contributed by atoms with Gasteiger partial charge in [-0.1, -0.05) is 78.9 Å². The van der Waals surface area contributed by atoms with E-state index in [9.17, 15) is 13.2 Å². The van der Waals surface area contributed by atoms with Crippen LogP contribution < -0.4 is 0 Å². The van der Waals surface area contributed by atoms with Crippen LogP contribution in [0.1, 0.15) is 28.2 Å². The zero-order valence-electron chi connectivity index (χ0n) is 12.3. The quantitative estimate of drug-likeness (QED) is 0.529. The monoisotopic (exact) mass is 312 g/mol. The molecule has 0 unspecified atom stereocenters. The van der Waals surface area contributed by atoms with Crippen molar-refractivity contribution in [3.8, 4) is 0 Å². The van der Waals surface area contributed by atoms with Crippen molar-refractivity contribution in [3.63, 3.8) is 0 Å². The maximum Gasteiger partial charge on any atom is 0.416 e. The Labute approximate surface area is 133 Å². The normalized spacial score (nSPS) is 11.7. The van der Waals surface area contributed by atoms with Gasteiger partial charge in [-0.15, -0.1) is 0 Å². The second-order valence-corrected chi connectivity index (χ2v) is 5.34. The predicted octanol–water partition coefficient (Wildman–Crippen LogP) is 5.89. The van der Waals surface area contributed by atoms with E-state index in [-0.39, 0.29) is 5.56 Å². The third kappa shape index (κ3) is 3.29. The Morgan fingerprint density at radius 2 is 1.00 bits per heavy atom. The van der Waals surface area contributed by atoms with Crippen LogP contribution in [-0.2, 0) is 6.18 Å². The molecule has 0 saturated heterocycles. The maximum absolute atomic E-state index is 13.4. The molecule has 0 aliphatic heterocycles. The van der Waals surface area contributed by atoms with Crippen molar-refractivity contribution in [2.24, 2.45) is 0 Å². The minimum atomic E-state index is -4.38. The molecular formula is C20H15F3. The number of hydrogen-bond acceptors (Lipinski definition) is 0. The molecule has 3 aromatic rings. The van der Waals surface area contributed by atoms with Gasteiger partial charge in [0.15, 0.2) is 0 Å². The Balaban J connectivity index is 2.22. The minimum absolute atomic E-state index is 0.275. The van der Waals surface area contributed by atoms with Crippen LogP contribution in [-0.4, -0.2) is 0 Å². The number of rotatable bonds is 3. The molecule has 0 heterocycles. The van der Waals surface area contributed by atoms with E-state index in [1.54, 1.807) is 12.1 Å². The number of alkyl halides is 3. The Morgan fingerprint density at radius 1 is 0.565 bits per heavy atom. The first-order valence-corrected chi connectivity index (χ1v) is 7.33. The molecule has 23 heavy (non-hydrogen) atoms. The highest BCUT2D eigenvalue weighted by Crippen LogP contribution is 2.40. The van der Waals surface area contributed by atoms with Crippen molar-refractivity contribution in [2.75, 3.05) is 0 Å². The molecule has 0 aliphatic rings. The SMILES string of the molecule is FC(F)(F)c1ccccc1C(c1ccccc1)c1ccccc1. The highest BCUT2D eigenvalue weighted by atomic mass is 19.4. The van der Waals surface area contributed by atoms with Gasteiger partial charge in [-0.25, -0.2) is 0 Å². The standard InChI is InChI=1S/C20H15F3/c21-20(22,23)18-14-8-7-13-17(18)19(15-9-3-1-4-10-15)16-11-5-2-6-12-16/h1-14,19H. The molecule has 0 amide bonds. The van der Waals surface area contributed by atoms with Crippen LogP contribution in [0.25, 0.3) is 0 Å². The van der Waals surface area contributed by atoms with Crippen molar-refractivity contribution in [3.05, 3.63) is 107 Å². The van der Waals surface area contributed by atoms with E-state index in [0.29, 0.717) is 0 Å². The molecule has 116 valence electrons. The third-order valence-corrected chi connectivity index (χ3v) is 3.84. The van der Waals surface area contributed by atoms with Crippen molar-refractivity contribution >= 4 is 0 Å². The van der Waals surface area contributed by atoms with Crippen LogP contribution in [0.5, 0.6) is 0 Å². The average molecular weight is 312 g/mol. The van der Waals surface area contributed by atoms with E-state index in [1.165, 1.54) is 6.07 Å². The van der Waals surface area contributed by atoms with Gasteiger partial charge < -0.3 is 0 Å². The predicted molar refractivity (Wildman–Crippen MR) is 85.3 cm³/mol. The summed E-state index contributed by atoms with van der Waals surface area (Å²) in [4.78, 5) is 0. The van der Waals surface area contributed by atoms with Crippen molar-refractivity contribution in [1.29, 1.82) is 0 Å². The van der Waals surface area contributed by atoms with Crippen LogP contribution in [0.4, 0.5) is 13.2 Å². The van der Waals surface area contributed by atoms with Crippen LogP contribution >= 0.6 is 0 Å². The van der Waals surface area contributed by atoms with Gasteiger partial charge in [-0.2, -0.15) is 13.2 Å². The van der Waals surface area contributed by atoms with Crippen molar-refractivity contribution in [1.82, 2.24) is 0 Å². The van der Waals surface area contributed by atoms with Gasteiger partial charge in [-0.05, 0) is 22.8 Å². The maximum atomic E-state index is 13.4. The molecule has 0 aromatic heterocycles. The average Bonchev–Trinajstić information content (AvgIpc) is 2.57. The van der Waals surface area contributed by atoms with Gasteiger partial charge in [0.2, 0.25) is 0 Å². The molecular weight excluding hydrogens is 297 g/mol. The summed E-state index contributed by atoms with van der Waals surface area (Å²) in [6, 6.07) is 24.4. The third-order valence-electron chi connectivity index (χ3n) is 3.84. The fraction of sp³-hybridized carbons (Fsp3) is 0.100. The minimum Gasteiger partial charge on any atom is -0.166 e. The lowest BCUT2D eigenvalue weighted by molar-refractivity contribution is -0.138. The van der Waals surface area contributed by atoms with Gasteiger partial charge in [0.05, 0.1) is 5.56 Å². The lowest BCUT2D eigenvalue weighted by Crippen LogP contribution is -2.13. The van der Waals surface area contributed by atoms with Gasteiger partial charge >= 0.3 is 6.18 Å². The van der Waals surface area contributed by atoms with E-state index < -0.39 is 17.7 Å². The lowest BCUT2D eigenvalue weighted by atomic mass is 9.83. The van der Waals surface area contributed by atoms with E-state index in [1.807, 2.05) is 60.7 Å². The molecule has 0 saturated carbocycles. The van der Waals surface area contributed by atoms with Gasteiger partial charge in [0, 0.05) is 5.92 Å². The summed E-state index contributed by atoms with van der Waals surface area (Å²) in [5, 5.41) is 0. The van der Waals surface area contributed by atoms with Crippen molar-refractivity contribution in [2.45, 2.75) is 12.1 Å². The van der Waals surface area contributed by atoms with E-state index in [2.05, 4.69) is 0 Å². The summed E-state index contributed by atoms with van der Waals surface area (Å²) in [6.07, 6.45) is -4.38. The molecule has 0 aliphatic carbocycles. The second kappa shape index (κ2) is 6.29. The molecule has 0 fully saturated rings. The fourth-order valence-electron chi connectivity index (χ4n) is 2.85. The zero-order chi connectivity index (χ0) is 16.3. The topological polar surface area (TPSA) is 0 Å². The summed E-state index contributed by atoms with van der Waals surface area (Å²) in [7, 11) is 0. The first-order chi connectivity index (χ1) is 11.1. The lowest BCUT2D eigenvalue weighted by Gasteiger charge is -2.22. The van der Waals surface area contributed by atoms with Gasteiger partial charge in [-0.3, -0.25) is 0 Å². The van der Waals surface area contributed by atoms with E-state index in [0.717, 1.165) is 17.2 Å². The Bertz CT molecular complexity index is 722. The Kier molecular flexibility index (Phi) is 4.20. The zero-order valence-corrected chi connectivity index (χ0v) is 12.3. The molecule has 0 spiro atoms. The summed E-state index contributed by atoms with van der Waals surface area (Å²) in [5.41, 5.74) is 1.38. The van der Waals surface area contributed by atoms with Crippen LogP contribution in [0, 0.1) is 0 Å². The molecule has 0 atom stereocenters. The molecule has 0 radical (unpaired) electrons. The Morgan fingerprint density at radius 3 is 1.48 bits per heavy atom. The second-order valence-electron chi connectivity index (χ2n) is 5.34. The Hall–Kier alpha value is -2.55. The largest absolute Gasteiger partial charge is 0.416 e. The first kappa shape index (κ1) is 15.3. The summed E-state index contributed by atoms with van der Waals surface area (Å²) >= 11 is 0. The van der Waals surface area contributed by atoms with Gasteiger partial charge in [0.1, 0.15) is 0 Å². The first-order valence-electron chi connectivity index (χ1n) is 7.33. The molecule has 0 N–H and O–H groups in total. The summed E-state index contributed by atoms with van der Waals surface area (Å²) < 4.78 is 40.3. The molecule has 0 nitrogen and oxygen atoms in total. The molecule has 3 aromatic carbocycles. The van der Waals surface area contributed by atoms with Crippen LogP contribution in [0.2, 0.25) is 0 Å². The van der Waals surface area contributed by atoms with E-state index >= 15 is 0 Å². The molecule has 3 rings (SSSR count).